The standard InChI is InChI=1S/C20H26N2O4/c1-15-6-4-5-7-17(15)14-22(8-9-23)20(24)21-13-16-10-18(25-2)12-19(11-16)26-3/h4-7,10-12,23H,8-9,13-14H2,1-3H3,(H,21,24). The van der Waals surface area contributed by atoms with E-state index in [0.717, 1.165) is 16.7 Å². The van der Waals surface area contributed by atoms with Crippen LogP contribution in [-0.2, 0) is 13.1 Å². The molecule has 2 rings (SSSR count). The average Bonchev–Trinajstić information content (AvgIpc) is 2.67. The van der Waals surface area contributed by atoms with Crippen LogP contribution in [0.5, 0.6) is 11.5 Å². The highest BCUT2D eigenvalue weighted by molar-refractivity contribution is 5.74. The lowest BCUT2D eigenvalue weighted by atomic mass is 10.1. The van der Waals surface area contributed by atoms with Crippen molar-refractivity contribution in [3.05, 3.63) is 59.2 Å². The van der Waals surface area contributed by atoms with Gasteiger partial charge in [-0.3, -0.25) is 0 Å². The fourth-order valence-corrected chi connectivity index (χ4v) is 2.62. The van der Waals surface area contributed by atoms with Crippen molar-refractivity contribution in [2.24, 2.45) is 0 Å². The molecule has 0 bridgehead atoms. The molecule has 6 nitrogen and oxygen atoms in total. The van der Waals surface area contributed by atoms with Crippen LogP contribution in [0.2, 0.25) is 0 Å². The molecule has 0 aliphatic heterocycles. The first-order valence-corrected chi connectivity index (χ1v) is 8.47. The van der Waals surface area contributed by atoms with Gasteiger partial charge in [0.05, 0.1) is 20.8 Å². The Hall–Kier alpha value is -2.73. The third-order valence-corrected chi connectivity index (χ3v) is 4.13. The van der Waals surface area contributed by atoms with Gasteiger partial charge in [-0.15, -0.1) is 0 Å². The number of benzene rings is 2. The second-order valence-corrected chi connectivity index (χ2v) is 5.95. The van der Waals surface area contributed by atoms with Gasteiger partial charge in [0.15, 0.2) is 0 Å². The number of urea groups is 1. The summed E-state index contributed by atoms with van der Waals surface area (Å²) in [5, 5.41) is 12.2. The number of amides is 2. The molecule has 0 aliphatic rings. The molecule has 2 aromatic rings. The van der Waals surface area contributed by atoms with Crippen LogP contribution in [-0.4, -0.2) is 43.4 Å². The van der Waals surface area contributed by atoms with Crippen LogP contribution in [0, 0.1) is 6.92 Å². The summed E-state index contributed by atoms with van der Waals surface area (Å²) in [7, 11) is 3.17. The zero-order chi connectivity index (χ0) is 18.9. The number of carbonyl (C=O) groups is 1. The SMILES string of the molecule is COc1cc(CNC(=O)N(CCO)Cc2ccccc2C)cc(OC)c1. The van der Waals surface area contributed by atoms with Gasteiger partial charge < -0.3 is 24.8 Å². The summed E-state index contributed by atoms with van der Waals surface area (Å²) in [5.41, 5.74) is 3.04. The Kier molecular flexibility index (Phi) is 7.29. The van der Waals surface area contributed by atoms with E-state index in [9.17, 15) is 9.90 Å². The molecule has 0 atom stereocenters. The minimum absolute atomic E-state index is 0.0910. The predicted molar refractivity (Wildman–Crippen MR) is 100 cm³/mol. The molecule has 0 unspecified atom stereocenters. The highest BCUT2D eigenvalue weighted by atomic mass is 16.5. The first-order chi connectivity index (χ1) is 12.6. The monoisotopic (exact) mass is 358 g/mol. The Labute approximate surface area is 154 Å². The van der Waals surface area contributed by atoms with E-state index in [2.05, 4.69) is 5.32 Å². The number of ether oxygens (including phenoxy) is 2. The number of aliphatic hydroxyl groups is 1. The lowest BCUT2D eigenvalue weighted by molar-refractivity contribution is 0.173. The Balaban J connectivity index is 2.04. The van der Waals surface area contributed by atoms with Crippen molar-refractivity contribution in [3.8, 4) is 11.5 Å². The number of nitrogens with zero attached hydrogens (tertiary/aromatic N) is 1. The van der Waals surface area contributed by atoms with Crippen LogP contribution in [0.3, 0.4) is 0 Å². The van der Waals surface area contributed by atoms with Gasteiger partial charge in [-0.05, 0) is 35.7 Å². The molecule has 6 heteroatoms. The number of aryl methyl sites for hydroxylation is 1. The third-order valence-electron chi connectivity index (χ3n) is 4.13. The Bertz CT molecular complexity index is 711. The number of rotatable bonds is 8. The van der Waals surface area contributed by atoms with E-state index in [1.165, 1.54) is 0 Å². The molecule has 140 valence electrons. The summed E-state index contributed by atoms with van der Waals surface area (Å²) in [4.78, 5) is 14.2. The molecule has 0 saturated carbocycles. The van der Waals surface area contributed by atoms with Crippen molar-refractivity contribution < 1.29 is 19.4 Å². The van der Waals surface area contributed by atoms with Gasteiger partial charge in [-0.1, -0.05) is 24.3 Å². The maximum atomic E-state index is 12.6. The van der Waals surface area contributed by atoms with Gasteiger partial charge in [0.25, 0.3) is 0 Å². The van der Waals surface area contributed by atoms with Crippen LogP contribution >= 0.6 is 0 Å². The Morgan fingerprint density at radius 1 is 1.12 bits per heavy atom. The molecule has 2 aromatic carbocycles. The predicted octanol–water partition coefficient (Wildman–Crippen LogP) is 2.72. The number of hydrogen-bond acceptors (Lipinski definition) is 4. The van der Waals surface area contributed by atoms with Crippen LogP contribution in [0.25, 0.3) is 0 Å². The van der Waals surface area contributed by atoms with E-state index >= 15 is 0 Å². The molecule has 0 fully saturated rings. The van der Waals surface area contributed by atoms with Crippen LogP contribution in [0.4, 0.5) is 4.79 Å². The molecule has 0 heterocycles. The van der Waals surface area contributed by atoms with E-state index in [1.54, 1.807) is 25.2 Å². The van der Waals surface area contributed by atoms with Crippen LogP contribution in [0.15, 0.2) is 42.5 Å². The number of carbonyl (C=O) groups excluding carboxylic acids is 1. The molecular formula is C20H26N2O4. The van der Waals surface area contributed by atoms with Gasteiger partial charge >= 0.3 is 6.03 Å². The van der Waals surface area contributed by atoms with Crippen LogP contribution in [0.1, 0.15) is 16.7 Å². The van der Waals surface area contributed by atoms with Gasteiger partial charge in [-0.25, -0.2) is 4.79 Å². The normalized spacial score (nSPS) is 10.3. The Morgan fingerprint density at radius 3 is 2.35 bits per heavy atom. The molecule has 0 aliphatic carbocycles. The molecule has 26 heavy (non-hydrogen) atoms. The van der Waals surface area contributed by atoms with Crippen molar-refractivity contribution in [2.45, 2.75) is 20.0 Å². The zero-order valence-corrected chi connectivity index (χ0v) is 15.5. The van der Waals surface area contributed by atoms with Crippen molar-refractivity contribution in [3.63, 3.8) is 0 Å². The smallest absolute Gasteiger partial charge is 0.318 e. The number of methoxy groups -OCH3 is 2. The third kappa shape index (κ3) is 5.39. The fourth-order valence-electron chi connectivity index (χ4n) is 2.62. The first kappa shape index (κ1) is 19.6. The zero-order valence-electron chi connectivity index (χ0n) is 15.5. The first-order valence-electron chi connectivity index (χ1n) is 8.47. The largest absolute Gasteiger partial charge is 0.497 e. The summed E-state index contributed by atoms with van der Waals surface area (Å²) in [6, 6.07) is 13.1. The summed E-state index contributed by atoms with van der Waals surface area (Å²) in [6.07, 6.45) is 0. The quantitative estimate of drug-likeness (QED) is 0.761. The van der Waals surface area contributed by atoms with Gasteiger partial charge in [-0.2, -0.15) is 0 Å². The van der Waals surface area contributed by atoms with Gasteiger partial charge in [0.1, 0.15) is 11.5 Å². The lowest BCUT2D eigenvalue weighted by Crippen LogP contribution is -2.40. The maximum absolute atomic E-state index is 12.6. The molecule has 2 amide bonds. The summed E-state index contributed by atoms with van der Waals surface area (Å²) < 4.78 is 10.5. The summed E-state index contributed by atoms with van der Waals surface area (Å²) in [6.45, 7) is 2.96. The highest BCUT2D eigenvalue weighted by Gasteiger charge is 2.14. The lowest BCUT2D eigenvalue weighted by Gasteiger charge is -2.23. The minimum Gasteiger partial charge on any atom is -0.497 e. The molecule has 0 spiro atoms. The number of hydrogen-bond donors (Lipinski definition) is 2. The van der Waals surface area contributed by atoms with Crippen LogP contribution < -0.4 is 14.8 Å². The number of aliphatic hydroxyl groups excluding tert-OH is 1. The van der Waals surface area contributed by atoms with E-state index in [1.807, 2.05) is 43.3 Å². The summed E-state index contributed by atoms with van der Waals surface area (Å²) >= 11 is 0. The minimum atomic E-state index is -0.232. The molecule has 2 N–H and O–H groups in total. The Morgan fingerprint density at radius 2 is 1.77 bits per heavy atom. The second kappa shape index (κ2) is 9.68. The second-order valence-electron chi connectivity index (χ2n) is 5.95. The van der Waals surface area contributed by atoms with Crippen molar-refractivity contribution >= 4 is 6.03 Å². The molecule has 0 saturated heterocycles. The van der Waals surface area contributed by atoms with E-state index < -0.39 is 0 Å². The number of nitrogens with one attached hydrogen (secondary N) is 1. The summed E-state index contributed by atoms with van der Waals surface area (Å²) in [5.74, 6) is 1.33. The molecular weight excluding hydrogens is 332 g/mol. The van der Waals surface area contributed by atoms with E-state index in [-0.39, 0.29) is 19.2 Å². The fraction of sp³-hybridized carbons (Fsp3) is 0.350. The maximum Gasteiger partial charge on any atom is 0.318 e. The molecule has 0 radical (unpaired) electrons. The van der Waals surface area contributed by atoms with Gasteiger partial charge in [0, 0.05) is 25.7 Å². The van der Waals surface area contributed by atoms with Crippen molar-refractivity contribution in [1.29, 1.82) is 0 Å². The van der Waals surface area contributed by atoms with E-state index in [4.69, 9.17) is 9.47 Å². The molecule has 0 aromatic heterocycles. The average molecular weight is 358 g/mol. The van der Waals surface area contributed by atoms with E-state index in [0.29, 0.717) is 24.6 Å². The topological polar surface area (TPSA) is 71.0 Å². The van der Waals surface area contributed by atoms with Gasteiger partial charge in [0.2, 0.25) is 0 Å². The van der Waals surface area contributed by atoms with Crippen molar-refractivity contribution in [2.75, 3.05) is 27.4 Å². The van der Waals surface area contributed by atoms with Crippen molar-refractivity contribution in [1.82, 2.24) is 10.2 Å². The highest BCUT2D eigenvalue weighted by Crippen LogP contribution is 2.22.